The molecule has 0 radical (unpaired) electrons. The van der Waals surface area contributed by atoms with Crippen molar-refractivity contribution in [1.29, 1.82) is 0 Å². The summed E-state index contributed by atoms with van der Waals surface area (Å²) in [7, 11) is 2.19. The van der Waals surface area contributed by atoms with Gasteiger partial charge in [0.2, 0.25) is 6.41 Å². The molecule has 1 fully saturated rings. The fraction of sp³-hybridized carbons (Fsp3) is 0.611. The predicted molar refractivity (Wildman–Crippen MR) is 92.8 cm³/mol. The van der Waals surface area contributed by atoms with E-state index in [0.717, 1.165) is 26.0 Å². The third kappa shape index (κ3) is 6.16. The van der Waals surface area contributed by atoms with Gasteiger partial charge in [-0.05, 0) is 50.2 Å². The van der Waals surface area contributed by atoms with Gasteiger partial charge < -0.3 is 10.2 Å². The minimum Gasteiger partial charge on any atom is -0.355 e. The number of likely N-dealkylation sites (N-methyl/N-ethyl adjacent to an activating group) is 1. The van der Waals surface area contributed by atoms with Crippen LogP contribution in [0.5, 0.6) is 0 Å². The molecule has 0 aliphatic carbocycles. The highest BCUT2D eigenvalue weighted by Crippen LogP contribution is 2.14. The summed E-state index contributed by atoms with van der Waals surface area (Å²) in [5.41, 5.74) is 3.78. The van der Waals surface area contributed by atoms with E-state index < -0.39 is 0 Å². The molecule has 1 N–H and O–H groups in total. The quantitative estimate of drug-likeness (QED) is 0.849. The van der Waals surface area contributed by atoms with E-state index in [4.69, 9.17) is 0 Å². The van der Waals surface area contributed by atoms with Gasteiger partial charge in [-0.25, -0.2) is 0 Å². The van der Waals surface area contributed by atoms with Gasteiger partial charge in [-0.1, -0.05) is 32.0 Å². The lowest BCUT2D eigenvalue weighted by atomic mass is 10.0. The highest BCUT2D eigenvalue weighted by Gasteiger charge is 2.12. The number of carbonyl (C=O) groups is 1. The fourth-order valence-electron chi connectivity index (χ4n) is 2.68. The van der Waals surface area contributed by atoms with Crippen LogP contribution in [0.15, 0.2) is 18.2 Å². The first-order valence-corrected chi connectivity index (χ1v) is 8.35. The summed E-state index contributed by atoms with van der Waals surface area (Å²) >= 11 is 0. The largest absolute Gasteiger partial charge is 0.355 e. The molecule has 4 heteroatoms. The summed E-state index contributed by atoms with van der Waals surface area (Å²) in [6.45, 7) is 12.3. The van der Waals surface area contributed by atoms with Crippen LogP contribution < -0.4 is 5.32 Å². The van der Waals surface area contributed by atoms with Gasteiger partial charge in [0.05, 0.1) is 0 Å². The smallest absolute Gasteiger partial charge is 0.207 e. The van der Waals surface area contributed by atoms with Crippen molar-refractivity contribution >= 4 is 6.41 Å². The van der Waals surface area contributed by atoms with Crippen LogP contribution in [-0.4, -0.2) is 49.4 Å². The SMILES string of the molecule is CC.Cc1ccc(CN2CCCN(C)CC2)cc1CNC=O. The maximum Gasteiger partial charge on any atom is 0.207 e. The Hall–Kier alpha value is -1.39. The van der Waals surface area contributed by atoms with Crippen LogP contribution >= 0.6 is 0 Å². The lowest BCUT2D eigenvalue weighted by Crippen LogP contribution is -2.28. The van der Waals surface area contributed by atoms with Crippen LogP contribution in [0.3, 0.4) is 0 Å². The molecule has 2 rings (SSSR count). The Kier molecular flexibility index (Phi) is 8.78. The molecule has 22 heavy (non-hydrogen) atoms. The first-order chi connectivity index (χ1) is 10.7. The molecular formula is C18H31N3O. The number of benzene rings is 1. The summed E-state index contributed by atoms with van der Waals surface area (Å²) in [5, 5.41) is 2.75. The lowest BCUT2D eigenvalue weighted by molar-refractivity contribution is -0.109. The summed E-state index contributed by atoms with van der Waals surface area (Å²) in [4.78, 5) is 15.4. The van der Waals surface area contributed by atoms with Crippen LogP contribution in [0.2, 0.25) is 0 Å². The Labute approximate surface area is 135 Å². The van der Waals surface area contributed by atoms with Crippen molar-refractivity contribution in [2.75, 3.05) is 33.2 Å². The number of nitrogens with zero attached hydrogens (tertiary/aromatic N) is 2. The fourth-order valence-corrected chi connectivity index (χ4v) is 2.68. The molecule has 4 nitrogen and oxygen atoms in total. The summed E-state index contributed by atoms with van der Waals surface area (Å²) < 4.78 is 0. The number of nitrogens with one attached hydrogen (secondary N) is 1. The number of rotatable bonds is 5. The number of carbonyl (C=O) groups excluding carboxylic acids is 1. The first-order valence-electron chi connectivity index (χ1n) is 8.35. The molecule has 0 saturated carbocycles. The second-order valence-electron chi connectivity index (χ2n) is 5.69. The molecule has 0 aromatic heterocycles. The molecule has 0 bridgehead atoms. The maximum absolute atomic E-state index is 10.4. The van der Waals surface area contributed by atoms with Crippen LogP contribution in [0.1, 0.15) is 37.0 Å². The molecule has 1 aromatic carbocycles. The third-order valence-corrected chi connectivity index (χ3v) is 4.01. The van der Waals surface area contributed by atoms with Gasteiger partial charge in [-0.3, -0.25) is 9.69 Å². The minimum atomic E-state index is 0.617. The van der Waals surface area contributed by atoms with E-state index in [9.17, 15) is 4.79 Å². The second-order valence-corrected chi connectivity index (χ2v) is 5.69. The summed E-state index contributed by atoms with van der Waals surface area (Å²) in [6, 6.07) is 6.58. The number of hydrogen-bond donors (Lipinski definition) is 1. The van der Waals surface area contributed by atoms with Gasteiger partial charge >= 0.3 is 0 Å². The molecule has 0 spiro atoms. The van der Waals surface area contributed by atoms with E-state index >= 15 is 0 Å². The molecule has 0 atom stereocenters. The standard InChI is InChI=1S/C16H25N3O.C2H6/c1-14-4-5-15(10-16(14)11-17-13-20)12-19-7-3-6-18(2)8-9-19;1-2/h4-5,10,13H,3,6-9,11-12H2,1-2H3,(H,17,20);1-2H3. The topological polar surface area (TPSA) is 35.6 Å². The van der Waals surface area contributed by atoms with E-state index in [0.29, 0.717) is 6.54 Å². The normalized spacial score (nSPS) is 16.4. The predicted octanol–water partition coefficient (Wildman–Crippen LogP) is 2.40. The van der Waals surface area contributed by atoms with Crippen molar-refractivity contribution in [3.05, 3.63) is 34.9 Å². The van der Waals surface area contributed by atoms with Gasteiger partial charge in [0.1, 0.15) is 0 Å². The van der Waals surface area contributed by atoms with Crippen molar-refractivity contribution in [2.24, 2.45) is 0 Å². The maximum atomic E-state index is 10.4. The summed E-state index contributed by atoms with van der Waals surface area (Å²) in [5.74, 6) is 0. The molecule has 1 aliphatic heterocycles. The zero-order valence-corrected chi connectivity index (χ0v) is 14.6. The van der Waals surface area contributed by atoms with Crippen LogP contribution in [0.25, 0.3) is 0 Å². The Morgan fingerprint density at radius 3 is 2.68 bits per heavy atom. The van der Waals surface area contributed by atoms with Crippen molar-refractivity contribution in [3.63, 3.8) is 0 Å². The second kappa shape index (κ2) is 10.4. The van der Waals surface area contributed by atoms with E-state index in [-0.39, 0.29) is 0 Å². The molecule has 1 saturated heterocycles. The first kappa shape index (κ1) is 18.7. The Bertz CT molecular complexity index is 448. The zero-order valence-electron chi connectivity index (χ0n) is 14.6. The van der Waals surface area contributed by atoms with Crippen LogP contribution in [0.4, 0.5) is 0 Å². The molecule has 0 unspecified atom stereocenters. The molecule has 124 valence electrons. The Morgan fingerprint density at radius 2 is 1.95 bits per heavy atom. The highest BCUT2D eigenvalue weighted by atomic mass is 16.1. The lowest BCUT2D eigenvalue weighted by Gasteiger charge is -2.20. The molecule has 1 aromatic rings. The van der Waals surface area contributed by atoms with Crippen molar-refractivity contribution < 1.29 is 4.79 Å². The number of aryl methyl sites for hydroxylation is 1. The number of hydrogen-bond acceptors (Lipinski definition) is 3. The van der Waals surface area contributed by atoms with Crippen molar-refractivity contribution in [2.45, 2.75) is 40.3 Å². The van der Waals surface area contributed by atoms with Gasteiger partial charge in [-0.2, -0.15) is 0 Å². The molecule has 1 aliphatic rings. The van der Waals surface area contributed by atoms with E-state index in [1.165, 1.54) is 36.2 Å². The average molecular weight is 305 g/mol. The van der Waals surface area contributed by atoms with E-state index in [1.54, 1.807) is 0 Å². The summed E-state index contributed by atoms with van der Waals surface area (Å²) in [6.07, 6.45) is 2.00. The third-order valence-electron chi connectivity index (χ3n) is 4.01. The van der Waals surface area contributed by atoms with E-state index in [1.807, 2.05) is 13.8 Å². The molecule has 1 amide bonds. The van der Waals surface area contributed by atoms with Crippen molar-refractivity contribution in [1.82, 2.24) is 15.1 Å². The van der Waals surface area contributed by atoms with Crippen molar-refractivity contribution in [3.8, 4) is 0 Å². The van der Waals surface area contributed by atoms with Crippen LogP contribution in [-0.2, 0) is 17.9 Å². The highest BCUT2D eigenvalue weighted by molar-refractivity contribution is 5.46. The molecule has 1 heterocycles. The zero-order chi connectivity index (χ0) is 16.4. The average Bonchev–Trinajstić information content (AvgIpc) is 2.74. The van der Waals surface area contributed by atoms with Crippen LogP contribution in [0, 0.1) is 6.92 Å². The monoisotopic (exact) mass is 305 g/mol. The van der Waals surface area contributed by atoms with Gasteiger partial charge in [-0.15, -0.1) is 0 Å². The number of amides is 1. The Balaban J connectivity index is 0.00000116. The van der Waals surface area contributed by atoms with Gasteiger partial charge in [0.25, 0.3) is 0 Å². The van der Waals surface area contributed by atoms with Gasteiger partial charge in [0.15, 0.2) is 0 Å². The van der Waals surface area contributed by atoms with Gasteiger partial charge in [0, 0.05) is 26.2 Å². The Morgan fingerprint density at radius 1 is 1.18 bits per heavy atom. The minimum absolute atomic E-state index is 0.617. The van der Waals surface area contributed by atoms with E-state index in [2.05, 4.69) is 47.3 Å². The molecular weight excluding hydrogens is 274 g/mol.